The van der Waals surface area contributed by atoms with E-state index in [2.05, 4.69) is 58.5 Å². The van der Waals surface area contributed by atoms with Crippen LogP contribution in [-0.2, 0) is 48.4 Å². The summed E-state index contributed by atoms with van der Waals surface area (Å²) in [5, 5.41) is 102. The van der Waals surface area contributed by atoms with Crippen molar-refractivity contribution in [2.75, 3.05) is 67.6 Å². The molecule has 5 aliphatic heterocycles. The predicted molar refractivity (Wildman–Crippen MR) is 412 cm³/mol. The lowest BCUT2D eigenvalue weighted by Crippen LogP contribution is -2.59. The molecule has 610 valence electrons. The first kappa shape index (κ1) is 83.0. The second-order valence-corrected chi connectivity index (χ2v) is 32.2. The number of likely N-dealkylation sites (N-methyl/N-ethyl adjacent to an activating group) is 4. The molecule has 114 heavy (non-hydrogen) atoms. The van der Waals surface area contributed by atoms with Crippen LogP contribution in [0.2, 0.25) is 10.0 Å². The van der Waals surface area contributed by atoms with Crippen molar-refractivity contribution in [3.05, 3.63) is 129 Å². The van der Waals surface area contributed by atoms with Crippen molar-refractivity contribution in [1.29, 1.82) is 0 Å². The minimum absolute atomic E-state index is 0.00620. The molecule has 5 heterocycles. The first-order valence-corrected chi connectivity index (χ1v) is 39.6. The number of aliphatic hydroxyl groups is 2. The first-order valence-electron chi connectivity index (χ1n) is 37.4. The van der Waals surface area contributed by atoms with Crippen LogP contribution in [0.1, 0.15) is 117 Å². The molecule has 0 unspecified atom stereocenters. The maximum Gasteiger partial charge on any atom is 0.264 e. The van der Waals surface area contributed by atoms with Gasteiger partial charge in [-0.1, -0.05) is 55.2 Å². The fourth-order valence-corrected chi connectivity index (χ4v) is 17.3. The summed E-state index contributed by atoms with van der Waals surface area (Å²) in [4.78, 5) is 123. The highest BCUT2D eigenvalue weighted by molar-refractivity contribution is 7.90. The summed E-state index contributed by atoms with van der Waals surface area (Å²) in [5.41, 5.74) is -2.02. The zero-order chi connectivity index (χ0) is 81.7. The predicted octanol–water partition coefficient (Wildman–Crippen LogP) is 4.07. The van der Waals surface area contributed by atoms with E-state index >= 15 is 28.8 Å². The molecule has 4 fully saturated rings. The second kappa shape index (κ2) is 35.5. The third kappa shape index (κ3) is 18.4. The van der Waals surface area contributed by atoms with E-state index in [1.54, 1.807) is 21.1 Å². The molecule has 15 rings (SSSR count). The van der Waals surface area contributed by atoms with Gasteiger partial charge in [0.15, 0.2) is 23.0 Å². The first-order chi connectivity index (χ1) is 54.4. The summed E-state index contributed by atoms with van der Waals surface area (Å²) in [7, 11) is 1.35. The molecule has 0 aromatic heterocycles. The Morgan fingerprint density at radius 3 is 1.70 bits per heavy atom. The number of carbonyl (C=O) groups is 8. The fraction of sp³-hybridized carbons (Fsp3) is 0.436. The van der Waals surface area contributed by atoms with Gasteiger partial charge in [0.25, 0.3) is 10.0 Å². The van der Waals surface area contributed by atoms with Crippen LogP contribution in [0, 0.1) is 29.6 Å². The van der Waals surface area contributed by atoms with E-state index in [9.17, 15) is 48.6 Å². The number of amides is 8. The molecule has 0 spiro atoms. The van der Waals surface area contributed by atoms with Gasteiger partial charge in [0.05, 0.1) is 27.4 Å². The molecule has 6 aromatic carbocycles. The van der Waals surface area contributed by atoms with Crippen LogP contribution in [0.4, 0.5) is 0 Å². The third-order valence-electron chi connectivity index (χ3n) is 21.2. The molecule has 8 amide bonds. The summed E-state index contributed by atoms with van der Waals surface area (Å²) in [6, 6.07) is 2.29. The number of phenolic OH excluding ortho intramolecular Hbond substituents is 4. The lowest BCUT2D eigenvalue weighted by molar-refractivity contribution is -0.138. The number of hydrogen-bond acceptors (Lipinski definition) is 25. The molecule has 6 aromatic rings. The largest absolute Gasteiger partial charge is 0.508 e. The maximum absolute atomic E-state index is 16.2. The lowest BCUT2D eigenvalue weighted by Gasteiger charge is -2.54. The Balaban J connectivity index is 1.01. The number of carbonyl (C=O) groups excluding carboxylic acids is 8. The zero-order valence-electron chi connectivity index (χ0n) is 63.0. The number of aliphatic hydroxyl groups excluding tert-OH is 2. The van der Waals surface area contributed by atoms with Crippen LogP contribution in [-0.4, -0.2) is 184 Å². The van der Waals surface area contributed by atoms with E-state index in [1.165, 1.54) is 31.3 Å². The van der Waals surface area contributed by atoms with Crippen molar-refractivity contribution in [3.8, 4) is 74.4 Å². The molecule has 9 aliphatic rings. The van der Waals surface area contributed by atoms with Crippen LogP contribution in [0.25, 0.3) is 11.1 Å². The van der Waals surface area contributed by atoms with E-state index in [1.807, 2.05) is 18.6 Å². The molecule has 15 bridgehead atoms. The SMILES string of the molecule is CNCCOc1cc(S(=O)(=O)NC(=O)C[C@@H]2NC(=O)[C@H](NC(=O)[C@@H](CC(C)C)NC)[C@H](O)c3ccc(c(Cl)c3)Oc3cc4cc(c3O)Oc3ccc(cc3Cl)[C@@H](O)[C@@H]3NC(=O)[C@H](NC(=O)[C@@H]4NC2=O)c2ccc(O)c(c2)-c2c(O)cc(O)cc2[C@@H](C(=O)NC2C4CC5CC(C4)CC2C5)NC3=O)cc(OCCNC)c1OCCNC. The topological polar surface area (TPSA) is 483 Å². The van der Waals surface area contributed by atoms with Gasteiger partial charge < -0.3 is 113 Å². The minimum Gasteiger partial charge on any atom is -0.508 e. The molecule has 36 heteroatoms. The highest BCUT2D eigenvalue weighted by Crippen LogP contribution is 2.55. The maximum atomic E-state index is 16.2. The Morgan fingerprint density at radius 2 is 1.13 bits per heavy atom. The number of benzene rings is 6. The smallest absolute Gasteiger partial charge is 0.264 e. The van der Waals surface area contributed by atoms with Crippen LogP contribution in [0.3, 0.4) is 0 Å². The molecule has 18 N–H and O–H groups in total. The molecule has 0 radical (unpaired) electrons. The fourth-order valence-electron chi connectivity index (χ4n) is 15.8. The number of halogens is 2. The van der Waals surface area contributed by atoms with Gasteiger partial charge in [-0.25, -0.2) is 13.1 Å². The Kier molecular flexibility index (Phi) is 25.9. The molecule has 4 aliphatic carbocycles. The third-order valence-corrected chi connectivity index (χ3v) is 23.2. The van der Waals surface area contributed by atoms with E-state index < -0.39 is 163 Å². The summed E-state index contributed by atoms with van der Waals surface area (Å²) >= 11 is 14.0. The summed E-state index contributed by atoms with van der Waals surface area (Å²) in [6.45, 7) is 4.52. The summed E-state index contributed by atoms with van der Waals surface area (Å²) < 4.78 is 62.3. The van der Waals surface area contributed by atoms with E-state index in [4.69, 9.17) is 46.9 Å². The quantitative estimate of drug-likeness (QED) is 0.0402. The number of sulfonamides is 1. The number of rotatable bonds is 23. The number of phenols is 4. The van der Waals surface area contributed by atoms with Crippen LogP contribution in [0.15, 0.2) is 95.9 Å². The highest BCUT2D eigenvalue weighted by atomic mass is 35.5. The Hall–Kier alpha value is -10.4. The monoisotopic (exact) mass is 1630 g/mol. The van der Waals surface area contributed by atoms with Crippen LogP contribution < -0.4 is 86.9 Å². The Bertz CT molecular complexity index is 4770. The van der Waals surface area contributed by atoms with E-state index in [0.717, 1.165) is 98.8 Å². The average molecular weight is 1640 g/mol. The number of nitrogens with one attached hydrogen (secondary N) is 12. The Morgan fingerprint density at radius 1 is 0.579 bits per heavy atom. The average Bonchev–Trinajstić information content (AvgIpc) is 0.754. The Labute approximate surface area is 666 Å². The van der Waals surface area contributed by atoms with Crippen LogP contribution in [0.5, 0.6) is 63.2 Å². The van der Waals surface area contributed by atoms with Crippen molar-refractivity contribution >= 4 is 80.5 Å². The van der Waals surface area contributed by atoms with Crippen molar-refractivity contribution in [2.45, 2.75) is 124 Å². The summed E-state index contributed by atoms with van der Waals surface area (Å²) in [6.07, 6.45) is -0.904. The standard InChI is InChI=1S/C78H92Cl2N12O21S/c1-35(2)19-50(84-6)72(100)90-66-68(97)39-8-11-54(48(79)26-39)112-56-28-43-29-57(70(56)99)113-55-12-9-40(27-49(55)80)69(98)67-78(106)89-65(76(104)86-62-41-21-36-20-37(23-41)24-42(62)22-36)47-30-44(93)31-53(95)61(47)46-25-38(7-10-52(46)94)63(74(102)91-67)88-75(103)64(43)87-73(101)51(85-77(66)105)34-60(96)92-114(107,108)45-32-58(109-16-13-81-3)71(111-18-15-83-5)59(33-45)110-17-14-82-4/h7-12,25-33,35-37,41-42,50-51,62-69,81-84,93-95,97-99H,13-24,34H2,1-6H3,(H,85,105)(H,86,104)(H,87,101)(H,88,103)(H,89,106)(H,90,100)(H,91,102)(H,92,96)/t36?,37?,41?,42?,50-,51+,62?,63-,64-,65+,66-,67+,68-,69-/m1/s1. The van der Waals surface area contributed by atoms with Crippen molar-refractivity contribution in [3.63, 3.8) is 0 Å². The number of ether oxygens (including phenoxy) is 5. The van der Waals surface area contributed by atoms with Gasteiger partial charge in [-0.3, -0.25) is 38.4 Å². The van der Waals surface area contributed by atoms with Gasteiger partial charge in [-0.05, 0) is 179 Å². The highest BCUT2D eigenvalue weighted by Gasteiger charge is 2.50. The normalized spacial score (nSPS) is 24.1. The summed E-state index contributed by atoms with van der Waals surface area (Å²) in [5.74, 6) is -13.9. The zero-order valence-corrected chi connectivity index (χ0v) is 65.3. The molecule has 9 atom stereocenters. The van der Waals surface area contributed by atoms with Gasteiger partial charge in [-0.2, -0.15) is 0 Å². The van der Waals surface area contributed by atoms with Gasteiger partial charge >= 0.3 is 0 Å². The van der Waals surface area contributed by atoms with Gasteiger partial charge in [0.1, 0.15) is 97.0 Å². The van der Waals surface area contributed by atoms with Crippen molar-refractivity contribution in [1.82, 2.24) is 63.2 Å². The van der Waals surface area contributed by atoms with Crippen molar-refractivity contribution < 1.29 is 101 Å². The number of aromatic hydroxyl groups is 4. The number of fused-ring (bicyclic) bond motifs is 15. The van der Waals surface area contributed by atoms with E-state index in [-0.39, 0.29) is 135 Å². The molecule has 0 saturated heterocycles. The minimum atomic E-state index is -5.12. The molecule has 4 saturated carbocycles. The number of hydrogen-bond donors (Lipinski definition) is 18. The second-order valence-electron chi connectivity index (χ2n) is 29.7. The van der Waals surface area contributed by atoms with E-state index in [0.29, 0.717) is 18.4 Å². The van der Waals surface area contributed by atoms with Gasteiger partial charge in [0.2, 0.25) is 58.8 Å². The van der Waals surface area contributed by atoms with Crippen molar-refractivity contribution in [2.24, 2.45) is 29.6 Å². The molecule has 33 nitrogen and oxygen atoms in total. The molecular formula is C78H92Cl2N12O21S. The van der Waals surface area contributed by atoms with Crippen LogP contribution >= 0.6 is 23.2 Å². The van der Waals surface area contributed by atoms with Gasteiger partial charge in [0, 0.05) is 55.0 Å². The molecular weight excluding hydrogens is 1540 g/mol. The lowest BCUT2D eigenvalue weighted by atomic mass is 9.54. The van der Waals surface area contributed by atoms with Gasteiger partial charge in [-0.15, -0.1) is 0 Å².